The van der Waals surface area contributed by atoms with Crippen molar-refractivity contribution in [3.05, 3.63) is 53.5 Å². The number of ether oxygens (including phenoxy) is 1. The van der Waals surface area contributed by atoms with Crippen LogP contribution in [0.15, 0.2) is 41.0 Å². The normalized spacial score (nSPS) is 10.6. The smallest absolute Gasteiger partial charge is 0.120 e. The van der Waals surface area contributed by atoms with Crippen molar-refractivity contribution in [1.82, 2.24) is 5.32 Å². The highest BCUT2D eigenvalue weighted by Crippen LogP contribution is 2.13. The molecule has 0 amide bonds. The molecule has 18 heavy (non-hydrogen) atoms. The number of furan rings is 1. The molecule has 1 N–H and O–H groups in total. The van der Waals surface area contributed by atoms with Crippen molar-refractivity contribution in [1.29, 1.82) is 0 Å². The van der Waals surface area contributed by atoms with E-state index in [2.05, 4.69) is 24.4 Å². The Morgan fingerprint density at radius 3 is 2.83 bits per heavy atom. The molecule has 0 bridgehead atoms. The number of nitrogens with one attached hydrogen (secondary N) is 1. The summed E-state index contributed by atoms with van der Waals surface area (Å²) in [6.07, 6.45) is 1.72. The van der Waals surface area contributed by atoms with Crippen LogP contribution in [0.2, 0.25) is 0 Å². The third-order valence-electron chi connectivity index (χ3n) is 2.79. The maximum absolute atomic E-state index is 5.47. The van der Waals surface area contributed by atoms with E-state index < -0.39 is 0 Å². The molecule has 0 aliphatic rings. The van der Waals surface area contributed by atoms with E-state index in [1.807, 2.05) is 25.1 Å². The Kier molecular flexibility index (Phi) is 4.42. The molecule has 0 spiro atoms. The van der Waals surface area contributed by atoms with Crippen molar-refractivity contribution in [2.75, 3.05) is 6.61 Å². The van der Waals surface area contributed by atoms with Gasteiger partial charge in [0.05, 0.1) is 19.4 Å². The molecule has 1 aromatic heterocycles. The lowest BCUT2D eigenvalue weighted by Crippen LogP contribution is -2.12. The topological polar surface area (TPSA) is 34.4 Å². The van der Waals surface area contributed by atoms with Crippen LogP contribution in [-0.4, -0.2) is 6.61 Å². The van der Waals surface area contributed by atoms with E-state index in [0.29, 0.717) is 6.61 Å². The fraction of sp³-hybridized carbons (Fsp3) is 0.333. The van der Waals surface area contributed by atoms with Crippen molar-refractivity contribution < 1.29 is 9.15 Å². The molecule has 1 aromatic carbocycles. The van der Waals surface area contributed by atoms with E-state index in [0.717, 1.165) is 24.6 Å². The first kappa shape index (κ1) is 12.7. The third kappa shape index (κ3) is 3.37. The Labute approximate surface area is 108 Å². The second-order valence-electron chi connectivity index (χ2n) is 4.21. The van der Waals surface area contributed by atoms with Gasteiger partial charge in [0, 0.05) is 6.54 Å². The van der Waals surface area contributed by atoms with E-state index in [4.69, 9.17) is 9.15 Å². The second-order valence-corrected chi connectivity index (χ2v) is 4.21. The largest absolute Gasteiger partial charge is 0.494 e. The lowest BCUT2D eigenvalue weighted by Gasteiger charge is -2.07. The summed E-state index contributed by atoms with van der Waals surface area (Å²) in [6, 6.07) is 10.1. The zero-order chi connectivity index (χ0) is 12.8. The second kappa shape index (κ2) is 6.26. The summed E-state index contributed by atoms with van der Waals surface area (Å²) < 4.78 is 10.8. The molecular weight excluding hydrogens is 226 g/mol. The van der Waals surface area contributed by atoms with Crippen molar-refractivity contribution >= 4 is 0 Å². The number of benzene rings is 1. The van der Waals surface area contributed by atoms with Crippen LogP contribution in [0.25, 0.3) is 0 Å². The molecule has 0 unspecified atom stereocenters. The molecule has 0 atom stereocenters. The van der Waals surface area contributed by atoms with Crippen LogP contribution in [0, 0.1) is 6.92 Å². The van der Waals surface area contributed by atoms with Gasteiger partial charge in [-0.1, -0.05) is 12.1 Å². The fourth-order valence-corrected chi connectivity index (χ4v) is 1.82. The zero-order valence-electron chi connectivity index (χ0n) is 10.9. The van der Waals surface area contributed by atoms with Gasteiger partial charge in [-0.25, -0.2) is 0 Å². The minimum atomic E-state index is 0.697. The Bertz CT molecular complexity index is 491. The Hall–Kier alpha value is -1.74. The maximum atomic E-state index is 5.47. The quantitative estimate of drug-likeness (QED) is 0.848. The van der Waals surface area contributed by atoms with Gasteiger partial charge in [0.2, 0.25) is 0 Å². The maximum Gasteiger partial charge on any atom is 0.120 e. The van der Waals surface area contributed by atoms with Crippen LogP contribution < -0.4 is 10.1 Å². The van der Waals surface area contributed by atoms with Crippen LogP contribution in [0.3, 0.4) is 0 Å². The minimum Gasteiger partial charge on any atom is -0.494 e. The molecule has 1 heterocycles. The van der Waals surface area contributed by atoms with Gasteiger partial charge in [-0.15, -0.1) is 0 Å². The van der Waals surface area contributed by atoms with E-state index in [1.54, 1.807) is 6.26 Å². The summed E-state index contributed by atoms with van der Waals surface area (Å²) in [7, 11) is 0. The molecule has 0 fully saturated rings. The van der Waals surface area contributed by atoms with Gasteiger partial charge in [-0.3, -0.25) is 0 Å². The molecule has 0 aliphatic carbocycles. The first-order valence-corrected chi connectivity index (χ1v) is 6.25. The lowest BCUT2D eigenvalue weighted by atomic mass is 10.2. The van der Waals surface area contributed by atoms with Crippen LogP contribution in [-0.2, 0) is 13.1 Å². The van der Waals surface area contributed by atoms with E-state index in [-0.39, 0.29) is 0 Å². The SMILES string of the molecule is CCOc1cccc(CNCc2occc2C)c1. The molecule has 2 aromatic rings. The standard InChI is InChI=1S/C15H19NO2/c1-3-17-14-6-4-5-13(9-14)10-16-11-15-12(2)7-8-18-15/h4-9,16H,3,10-11H2,1-2H3. The average molecular weight is 245 g/mol. The Morgan fingerprint density at radius 2 is 2.11 bits per heavy atom. The molecule has 0 saturated heterocycles. The molecule has 0 saturated carbocycles. The lowest BCUT2D eigenvalue weighted by molar-refractivity contribution is 0.340. The zero-order valence-corrected chi connectivity index (χ0v) is 10.9. The van der Waals surface area contributed by atoms with Crippen LogP contribution >= 0.6 is 0 Å². The highest BCUT2D eigenvalue weighted by Gasteiger charge is 2.01. The average Bonchev–Trinajstić information content (AvgIpc) is 2.76. The van der Waals surface area contributed by atoms with E-state index in [9.17, 15) is 0 Å². The summed E-state index contributed by atoms with van der Waals surface area (Å²) >= 11 is 0. The molecule has 0 aliphatic heterocycles. The molecule has 3 heteroatoms. The highest BCUT2D eigenvalue weighted by atomic mass is 16.5. The van der Waals surface area contributed by atoms with Crippen molar-refractivity contribution in [3.8, 4) is 5.75 Å². The summed E-state index contributed by atoms with van der Waals surface area (Å²) in [5.41, 5.74) is 2.40. The van der Waals surface area contributed by atoms with Crippen LogP contribution in [0.1, 0.15) is 23.8 Å². The number of aryl methyl sites for hydroxylation is 1. The Balaban J connectivity index is 1.86. The van der Waals surface area contributed by atoms with Crippen molar-refractivity contribution in [2.45, 2.75) is 26.9 Å². The third-order valence-corrected chi connectivity index (χ3v) is 2.79. The van der Waals surface area contributed by atoms with Gasteiger partial charge in [-0.2, -0.15) is 0 Å². The van der Waals surface area contributed by atoms with Crippen molar-refractivity contribution in [3.63, 3.8) is 0 Å². The van der Waals surface area contributed by atoms with Gasteiger partial charge in [-0.05, 0) is 43.2 Å². The predicted molar refractivity (Wildman–Crippen MR) is 71.6 cm³/mol. The van der Waals surface area contributed by atoms with Gasteiger partial charge >= 0.3 is 0 Å². The van der Waals surface area contributed by atoms with Gasteiger partial charge in [0.1, 0.15) is 11.5 Å². The summed E-state index contributed by atoms with van der Waals surface area (Å²) in [6.45, 7) is 6.29. The summed E-state index contributed by atoms with van der Waals surface area (Å²) in [5.74, 6) is 1.92. The number of hydrogen-bond donors (Lipinski definition) is 1. The van der Waals surface area contributed by atoms with E-state index in [1.165, 1.54) is 11.1 Å². The first-order valence-electron chi connectivity index (χ1n) is 6.25. The Morgan fingerprint density at radius 1 is 1.22 bits per heavy atom. The highest BCUT2D eigenvalue weighted by molar-refractivity contribution is 5.28. The summed E-state index contributed by atoms with van der Waals surface area (Å²) in [4.78, 5) is 0. The van der Waals surface area contributed by atoms with Gasteiger partial charge in [0.15, 0.2) is 0 Å². The molecular formula is C15H19NO2. The van der Waals surface area contributed by atoms with Crippen LogP contribution in [0.5, 0.6) is 5.75 Å². The monoisotopic (exact) mass is 245 g/mol. The minimum absolute atomic E-state index is 0.697. The number of rotatable bonds is 6. The van der Waals surface area contributed by atoms with Crippen molar-refractivity contribution in [2.24, 2.45) is 0 Å². The molecule has 0 radical (unpaired) electrons. The van der Waals surface area contributed by atoms with Crippen LogP contribution in [0.4, 0.5) is 0 Å². The molecule has 96 valence electrons. The molecule has 2 rings (SSSR count). The fourth-order valence-electron chi connectivity index (χ4n) is 1.82. The van der Waals surface area contributed by atoms with E-state index >= 15 is 0 Å². The first-order chi connectivity index (χ1) is 8.79. The van der Waals surface area contributed by atoms with Gasteiger partial charge < -0.3 is 14.5 Å². The predicted octanol–water partition coefficient (Wildman–Crippen LogP) is 3.28. The molecule has 3 nitrogen and oxygen atoms in total. The number of hydrogen-bond acceptors (Lipinski definition) is 3. The van der Waals surface area contributed by atoms with Gasteiger partial charge in [0.25, 0.3) is 0 Å². The summed E-state index contributed by atoms with van der Waals surface area (Å²) in [5, 5.41) is 3.36.